The Morgan fingerprint density at radius 1 is 1.14 bits per heavy atom. The lowest BCUT2D eigenvalue weighted by Gasteiger charge is -2.30. The van der Waals surface area contributed by atoms with Gasteiger partial charge in [0.15, 0.2) is 0 Å². The minimum Gasteiger partial charge on any atom is -0.479 e. The number of hydrogen-bond donors (Lipinski definition) is 2. The number of aromatic nitrogens is 3. The van der Waals surface area contributed by atoms with Crippen molar-refractivity contribution < 1.29 is 9.47 Å². The summed E-state index contributed by atoms with van der Waals surface area (Å²) in [6, 6.07) is 4.14. The van der Waals surface area contributed by atoms with Gasteiger partial charge in [-0.05, 0) is 30.7 Å². The molecule has 9 nitrogen and oxygen atoms in total. The molecule has 3 N–H and O–H groups in total. The summed E-state index contributed by atoms with van der Waals surface area (Å²) in [5, 5.41) is 3.13. The van der Waals surface area contributed by atoms with Crippen LogP contribution < -0.4 is 16.0 Å². The quantitative estimate of drug-likeness (QED) is 0.832. The van der Waals surface area contributed by atoms with Gasteiger partial charge in [-0.1, -0.05) is 13.3 Å². The largest absolute Gasteiger partial charge is 0.479 e. The molecule has 2 aromatic heterocycles. The molecule has 0 radical (unpaired) electrons. The number of amidine groups is 1. The normalized spacial score (nSPS) is 15.8. The Balaban J connectivity index is 1.85. The molecule has 4 rings (SSSR count). The van der Waals surface area contributed by atoms with Crippen LogP contribution in [0.15, 0.2) is 52.8 Å². The Morgan fingerprint density at radius 2 is 2.00 bits per heavy atom. The molecule has 2 aliphatic rings. The standard InChI is InChI=1S/C19H21N7O2/c1-4-6-11-15-12(22-18(20)21-11)8-9-14(24-15)26-10-5-7-13-16(26)17(27-2)25-19(23-13)28-3/h5,7-10H,4,6H2,1-3H3,(H,23,25)(H2,20,21,22). The highest BCUT2D eigenvalue weighted by atomic mass is 16.5. The first-order valence-corrected chi connectivity index (χ1v) is 8.93. The van der Waals surface area contributed by atoms with Crippen molar-refractivity contribution in [3.8, 4) is 0 Å². The van der Waals surface area contributed by atoms with Gasteiger partial charge >= 0.3 is 0 Å². The first-order valence-electron chi connectivity index (χ1n) is 8.93. The summed E-state index contributed by atoms with van der Waals surface area (Å²) in [5.41, 5.74) is 9.69. The maximum atomic E-state index is 5.85. The van der Waals surface area contributed by atoms with Crippen molar-refractivity contribution in [2.24, 2.45) is 4.99 Å². The lowest BCUT2D eigenvalue weighted by Crippen LogP contribution is -2.36. The number of aryl methyl sites for hydroxylation is 1. The van der Waals surface area contributed by atoms with Gasteiger partial charge in [-0.2, -0.15) is 4.99 Å². The molecule has 2 aromatic rings. The van der Waals surface area contributed by atoms with Crippen LogP contribution in [0.1, 0.15) is 19.0 Å². The fraction of sp³-hybridized carbons (Fsp3) is 0.263. The number of rotatable bonds is 4. The van der Waals surface area contributed by atoms with E-state index in [1.54, 1.807) is 14.2 Å². The molecule has 0 atom stereocenters. The summed E-state index contributed by atoms with van der Waals surface area (Å²) in [6.45, 7) is 2.09. The van der Waals surface area contributed by atoms with E-state index in [4.69, 9.17) is 20.2 Å². The van der Waals surface area contributed by atoms with Gasteiger partial charge in [-0.15, -0.1) is 0 Å². The molecule has 28 heavy (non-hydrogen) atoms. The van der Waals surface area contributed by atoms with E-state index in [0.717, 1.165) is 41.0 Å². The Kier molecular flexibility index (Phi) is 4.56. The van der Waals surface area contributed by atoms with Gasteiger partial charge < -0.3 is 20.5 Å². The van der Waals surface area contributed by atoms with Gasteiger partial charge in [-0.3, -0.25) is 4.90 Å². The number of anilines is 2. The maximum Gasteiger partial charge on any atom is 0.297 e. The summed E-state index contributed by atoms with van der Waals surface area (Å²) in [5.74, 6) is 1.38. The highest BCUT2D eigenvalue weighted by Crippen LogP contribution is 2.31. The lowest BCUT2D eigenvalue weighted by molar-refractivity contribution is 0.274. The number of nitrogens with one attached hydrogen (secondary N) is 1. The SMILES string of the molecule is CCCc1nc(N)nc2ccc(N3C=CC=C4NC(OC)=NC(OC)=C43)nc12. The molecule has 0 aromatic carbocycles. The number of ether oxygens (including phenoxy) is 2. The van der Waals surface area contributed by atoms with Crippen LogP contribution in [0.4, 0.5) is 11.8 Å². The van der Waals surface area contributed by atoms with E-state index in [2.05, 4.69) is 27.2 Å². The van der Waals surface area contributed by atoms with Gasteiger partial charge in [-0.25, -0.2) is 15.0 Å². The van der Waals surface area contributed by atoms with Crippen molar-refractivity contribution >= 4 is 28.8 Å². The second kappa shape index (κ2) is 7.18. The molecule has 0 aliphatic carbocycles. The van der Waals surface area contributed by atoms with Gasteiger partial charge in [0.25, 0.3) is 6.02 Å². The highest BCUT2D eigenvalue weighted by molar-refractivity contribution is 5.83. The van der Waals surface area contributed by atoms with Crippen LogP contribution in [0, 0.1) is 0 Å². The summed E-state index contributed by atoms with van der Waals surface area (Å²) >= 11 is 0. The summed E-state index contributed by atoms with van der Waals surface area (Å²) < 4.78 is 10.7. The molecule has 0 fully saturated rings. The number of nitrogen functional groups attached to an aromatic ring is 1. The molecular formula is C19H21N7O2. The van der Waals surface area contributed by atoms with Crippen molar-refractivity contribution in [2.45, 2.75) is 19.8 Å². The number of allylic oxidation sites excluding steroid dienone is 2. The summed E-state index contributed by atoms with van der Waals surface area (Å²) in [6.07, 6.45) is 7.45. The predicted octanol–water partition coefficient (Wildman–Crippen LogP) is 2.20. The third-order valence-electron chi connectivity index (χ3n) is 4.38. The van der Waals surface area contributed by atoms with Crippen molar-refractivity contribution in [3.63, 3.8) is 0 Å². The van der Waals surface area contributed by atoms with Crippen LogP contribution in [0.3, 0.4) is 0 Å². The zero-order chi connectivity index (χ0) is 19.7. The van der Waals surface area contributed by atoms with Crippen molar-refractivity contribution in [1.82, 2.24) is 20.3 Å². The van der Waals surface area contributed by atoms with E-state index in [9.17, 15) is 0 Å². The average molecular weight is 379 g/mol. The summed E-state index contributed by atoms with van der Waals surface area (Å²) in [4.78, 5) is 19.8. The molecule has 9 heteroatoms. The van der Waals surface area contributed by atoms with Crippen molar-refractivity contribution in [3.05, 3.63) is 53.5 Å². The van der Waals surface area contributed by atoms with Gasteiger partial charge in [0, 0.05) is 6.20 Å². The molecule has 144 valence electrons. The zero-order valence-electron chi connectivity index (χ0n) is 15.9. The molecule has 0 saturated carbocycles. The molecular weight excluding hydrogens is 358 g/mol. The van der Waals surface area contributed by atoms with E-state index in [1.165, 1.54) is 0 Å². The fourth-order valence-electron chi connectivity index (χ4n) is 3.17. The molecule has 4 heterocycles. The lowest BCUT2D eigenvalue weighted by atomic mass is 10.1. The number of hydrogen-bond acceptors (Lipinski definition) is 9. The topological polar surface area (TPSA) is 111 Å². The number of nitrogens with two attached hydrogens (primary N) is 1. The summed E-state index contributed by atoms with van der Waals surface area (Å²) in [7, 11) is 3.12. The molecule has 0 amide bonds. The smallest absolute Gasteiger partial charge is 0.297 e. The first-order chi connectivity index (χ1) is 13.6. The second-order valence-corrected chi connectivity index (χ2v) is 6.21. The van der Waals surface area contributed by atoms with Gasteiger partial charge in [0.1, 0.15) is 17.0 Å². The highest BCUT2D eigenvalue weighted by Gasteiger charge is 2.28. The number of pyridine rings is 1. The molecule has 0 bridgehead atoms. The number of nitrogens with zero attached hydrogens (tertiary/aromatic N) is 5. The van der Waals surface area contributed by atoms with Crippen LogP contribution in [0.25, 0.3) is 11.0 Å². The fourth-order valence-corrected chi connectivity index (χ4v) is 3.17. The molecule has 0 saturated heterocycles. The minimum absolute atomic E-state index is 0.260. The predicted molar refractivity (Wildman–Crippen MR) is 107 cm³/mol. The average Bonchev–Trinajstić information content (AvgIpc) is 2.72. The van der Waals surface area contributed by atoms with Gasteiger partial charge in [0.05, 0.1) is 31.1 Å². The van der Waals surface area contributed by atoms with E-state index >= 15 is 0 Å². The molecule has 0 unspecified atom stereocenters. The third-order valence-corrected chi connectivity index (χ3v) is 4.38. The van der Waals surface area contributed by atoms with E-state index in [0.29, 0.717) is 17.7 Å². The van der Waals surface area contributed by atoms with Crippen molar-refractivity contribution in [1.29, 1.82) is 0 Å². The molecule has 0 spiro atoms. The molecule has 2 aliphatic heterocycles. The van der Waals surface area contributed by atoms with E-state index in [-0.39, 0.29) is 5.95 Å². The van der Waals surface area contributed by atoms with Gasteiger partial charge in [0.2, 0.25) is 11.8 Å². The van der Waals surface area contributed by atoms with Crippen molar-refractivity contribution in [2.75, 3.05) is 24.9 Å². The van der Waals surface area contributed by atoms with Crippen LogP contribution >= 0.6 is 0 Å². The van der Waals surface area contributed by atoms with Crippen LogP contribution in [-0.4, -0.2) is 35.2 Å². The van der Waals surface area contributed by atoms with Crippen LogP contribution in [-0.2, 0) is 15.9 Å². The number of methoxy groups -OCH3 is 2. The zero-order valence-corrected chi connectivity index (χ0v) is 15.9. The second-order valence-electron chi connectivity index (χ2n) is 6.21. The Hall–Kier alpha value is -3.62. The monoisotopic (exact) mass is 379 g/mol. The Labute approximate surface area is 162 Å². The number of aliphatic imine (C=N–C) groups is 1. The first kappa shape index (κ1) is 17.8. The number of fused-ring (bicyclic) bond motifs is 2. The van der Waals surface area contributed by atoms with Crippen LogP contribution in [0.2, 0.25) is 0 Å². The van der Waals surface area contributed by atoms with E-state index < -0.39 is 0 Å². The van der Waals surface area contributed by atoms with Crippen LogP contribution in [0.5, 0.6) is 0 Å². The maximum absolute atomic E-state index is 5.85. The minimum atomic E-state index is 0.260. The Bertz CT molecular complexity index is 1060. The third kappa shape index (κ3) is 3.00. The Morgan fingerprint density at radius 3 is 2.75 bits per heavy atom. The van der Waals surface area contributed by atoms with E-state index in [1.807, 2.05) is 35.4 Å².